The van der Waals surface area contributed by atoms with E-state index in [1.54, 1.807) is 29.0 Å². The molecule has 1 aromatic carbocycles. The number of likely N-dealkylation sites (N-methyl/N-ethyl adjacent to an activating group) is 1. The molecule has 0 aliphatic carbocycles. The number of rotatable bonds is 3. The number of hydrogen-bond acceptors (Lipinski definition) is 4. The van der Waals surface area contributed by atoms with Crippen LogP contribution in [-0.4, -0.2) is 46.9 Å². The fourth-order valence-electron chi connectivity index (χ4n) is 3.43. The summed E-state index contributed by atoms with van der Waals surface area (Å²) in [5.74, 6) is -0.962. The van der Waals surface area contributed by atoms with Gasteiger partial charge in [-0.1, -0.05) is 12.1 Å². The highest BCUT2D eigenvalue weighted by Gasteiger charge is 2.35. The summed E-state index contributed by atoms with van der Waals surface area (Å²) in [6.45, 7) is 1.01. The lowest BCUT2D eigenvalue weighted by Gasteiger charge is -2.20. The molecule has 7 nitrogen and oxygen atoms in total. The average molecular weight is 494 g/mol. The molecule has 4 rings (SSSR count). The highest BCUT2D eigenvalue weighted by Crippen LogP contribution is 2.38. The van der Waals surface area contributed by atoms with Crippen LogP contribution in [0.5, 0.6) is 0 Å². The number of alkyl halides is 3. The van der Waals surface area contributed by atoms with E-state index in [1.807, 2.05) is 0 Å². The lowest BCUT2D eigenvalue weighted by molar-refractivity contribution is -0.138. The van der Waals surface area contributed by atoms with Crippen molar-refractivity contribution in [3.63, 3.8) is 0 Å². The van der Waals surface area contributed by atoms with E-state index >= 15 is 0 Å². The fraction of sp³-hybridized carbons (Fsp3) is 0.200. The maximum atomic E-state index is 13.3. The lowest BCUT2D eigenvalue weighted by atomic mass is 10.1. The second kappa shape index (κ2) is 7.80. The summed E-state index contributed by atoms with van der Waals surface area (Å²) in [4.78, 5) is 36.3. The number of halogens is 4. The van der Waals surface area contributed by atoms with Gasteiger partial charge in [0.15, 0.2) is 0 Å². The van der Waals surface area contributed by atoms with Gasteiger partial charge in [0, 0.05) is 44.1 Å². The SMILES string of the molecule is CN1CCN(c2c(Br)cnc3c(NC(=O)c4cnccc4C(F)(F)F)cccc23)C1=O. The van der Waals surface area contributed by atoms with E-state index in [2.05, 4.69) is 31.2 Å². The number of nitrogens with zero attached hydrogens (tertiary/aromatic N) is 4. The molecule has 1 fully saturated rings. The normalized spacial score (nSPS) is 14.4. The molecule has 3 amide bonds. The second-order valence-electron chi connectivity index (χ2n) is 6.89. The molecule has 0 saturated carbocycles. The van der Waals surface area contributed by atoms with E-state index in [0.29, 0.717) is 34.2 Å². The monoisotopic (exact) mass is 493 g/mol. The van der Waals surface area contributed by atoms with Crippen LogP contribution in [0.25, 0.3) is 10.9 Å². The van der Waals surface area contributed by atoms with Gasteiger partial charge in [0.05, 0.1) is 32.5 Å². The van der Waals surface area contributed by atoms with Crippen LogP contribution in [0.3, 0.4) is 0 Å². The van der Waals surface area contributed by atoms with E-state index in [-0.39, 0.29) is 11.7 Å². The number of pyridine rings is 2. The number of urea groups is 1. The van der Waals surface area contributed by atoms with Crippen LogP contribution in [-0.2, 0) is 6.18 Å². The van der Waals surface area contributed by atoms with Crippen LogP contribution in [0.2, 0.25) is 0 Å². The molecule has 31 heavy (non-hydrogen) atoms. The molecule has 0 spiro atoms. The molecule has 3 aromatic rings. The molecular weight excluding hydrogens is 479 g/mol. The molecule has 1 aliphatic rings. The Labute approximate surface area is 183 Å². The first-order chi connectivity index (χ1) is 14.7. The van der Waals surface area contributed by atoms with Gasteiger partial charge in [-0.05, 0) is 28.1 Å². The number of fused-ring (bicyclic) bond motifs is 1. The zero-order valence-electron chi connectivity index (χ0n) is 16.1. The maximum absolute atomic E-state index is 13.3. The van der Waals surface area contributed by atoms with Gasteiger partial charge in [0.2, 0.25) is 0 Å². The number of aromatic nitrogens is 2. The van der Waals surface area contributed by atoms with Crippen molar-refractivity contribution in [3.8, 4) is 0 Å². The molecule has 1 aliphatic heterocycles. The summed E-state index contributed by atoms with van der Waals surface area (Å²) >= 11 is 3.42. The summed E-state index contributed by atoms with van der Waals surface area (Å²) < 4.78 is 40.4. The van der Waals surface area contributed by atoms with E-state index in [4.69, 9.17) is 0 Å². The standard InChI is InChI=1S/C20H15BrF3N5O2/c1-28-7-8-29(19(28)31)17-11-3-2-4-15(16(11)26-10-14(17)21)27-18(30)12-9-25-6-5-13(12)20(22,23)24/h2-6,9-10H,7-8H2,1H3,(H,27,30). The molecule has 2 aromatic heterocycles. The van der Waals surface area contributed by atoms with Gasteiger partial charge in [0.25, 0.3) is 5.91 Å². The van der Waals surface area contributed by atoms with Crippen molar-refractivity contribution in [2.24, 2.45) is 0 Å². The van der Waals surface area contributed by atoms with Gasteiger partial charge < -0.3 is 10.2 Å². The third kappa shape index (κ3) is 3.80. The first-order valence-electron chi connectivity index (χ1n) is 9.11. The van der Waals surface area contributed by atoms with Crippen molar-refractivity contribution >= 4 is 50.1 Å². The number of benzene rings is 1. The Hall–Kier alpha value is -3.21. The summed E-state index contributed by atoms with van der Waals surface area (Å²) in [7, 11) is 1.69. The van der Waals surface area contributed by atoms with Crippen LogP contribution >= 0.6 is 15.9 Å². The van der Waals surface area contributed by atoms with E-state index < -0.39 is 23.2 Å². The average Bonchev–Trinajstić information content (AvgIpc) is 3.05. The number of hydrogen-bond donors (Lipinski definition) is 1. The van der Waals surface area contributed by atoms with Crippen molar-refractivity contribution in [2.45, 2.75) is 6.18 Å². The zero-order valence-corrected chi connectivity index (χ0v) is 17.7. The van der Waals surface area contributed by atoms with Crippen molar-refractivity contribution < 1.29 is 22.8 Å². The molecule has 0 unspecified atom stereocenters. The third-order valence-corrected chi connectivity index (χ3v) is 5.51. The van der Waals surface area contributed by atoms with Gasteiger partial charge in [-0.15, -0.1) is 0 Å². The smallest absolute Gasteiger partial charge is 0.326 e. The van der Waals surface area contributed by atoms with Crippen molar-refractivity contribution in [3.05, 3.63) is 58.5 Å². The maximum Gasteiger partial charge on any atom is 0.417 e. The number of carbonyl (C=O) groups excluding carboxylic acids is 2. The minimum absolute atomic E-state index is 0.187. The van der Waals surface area contributed by atoms with E-state index in [1.165, 1.54) is 12.3 Å². The summed E-state index contributed by atoms with van der Waals surface area (Å²) in [5.41, 5.74) is -0.544. The van der Waals surface area contributed by atoms with Gasteiger partial charge >= 0.3 is 12.2 Å². The Bertz CT molecular complexity index is 1200. The third-order valence-electron chi connectivity index (χ3n) is 4.93. The van der Waals surface area contributed by atoms with Crippen molar-refractivity contribution in [2.75, 3.05) is 30.4 Å². The zero-order chi connectivity index (χ0) is 22.3. The highest BCUT2D eigenvalue weighted by molar-refractivity contribution is 9.10. The van der Waals surface area contributed by atoms with Crippen LogP contribution in [0, 0.1) is 0 Å². The number of para-hydroxylation sites is 1. The summed E-state index contributed by atoms with van der Waals surface area (Å²) in [6.07, 6.45) is -1.36. The van der Waals surface area contributed by atoms with Crippen molar-refractivity contribution in [1.82, 2.24) is 14.9 Å². The summed E-state index contributed by atoms with van der Waals surface area (Å²) in [5, 5.41) is 3.07. The quantitative estimate of drug-likeness (QED) is 0.581. The molecule has 0 radical (unpaired) electrons. The van der Waals surface area contributed by atoms with E-state index in [9.17, 15) is 22.8 Å². The molecule has 0 atom stereocenters. The first-order valence-corrected chi connectivity index (χ1v) is 9.90. The molecule has 160 valence electrons. The summed E-state index contributed by atoms with van der Waals surface area (Å²) in [6, 6.07) is 5.46. The molecule has 1 N–H and O–H groups in total. The van der Waals surface area contributed by atoms with Gasteiger partial charge in [-0.3, -0.25) is 19.7 Å². The van der Waals surface area contributed by atoms with Crippen LogP contribution in [0.4, 0.5) is 29.3 Å². The van der Waals surface area contributed by atoms with E-state index in [0.717, 1.165) is 18.5 Å². The molecule has 11 heteroatoms. The topological polar surface area (TPSA) is 78.4 Å². The predicted molar refractivity (Wildman–Crippen MR) is 112 cm³/mol. The molecule has 3 heterocycles. The molecule has 0 bridgehead atoms. The Morgan fingerprint density at radius 2 is 1.97 bits per heavy atom. The Morgan fingerprint density at radius 3 is 2.65 bits per heavy atom. The Kier molecular flexibility index (Phi) is 5.29. The van der Waals surface area contributed by atoms with Gasteiger partial charge in [-0.2, -0.15) is 13.2 Å². The largest absolute Gasteiger partial charge is 0.417 e. The van der Waals surface area contributed by atoms with Gasteiger partial charge in [-0.25, -0.2) is 4.79 Å². The predicted octanol–water partition coefficient (Wildman–Crippen LogP) is 4.54. The lowest BCUT2D eigenvalue weighted by Crippen LogP contribution is -2.29. The Morgan fingerprint density at radius 1 is 1.19 bits per heavy atom. The second-order valence-corrected chi connectivity index (χ2v) is 7.74. The van der Waals surface area contributed by atoms with Crippen LogP contribution in [0.1, 0.15) is 15.9 Å². The van der Waals surface area contributed by atoms with Gasteiger partial charge in [0.1, 0.15) is 0 Å². The molecule has 1 saturated heterocycles. The minimum Gasteiger partial charge on any atom is -0.326 e. The first kappa shape index (κ1) is 21.0. The van der Waals surface area contributed by atoms with Crippen LogP contribution < -0.4 is 10.2 Å². The number of amides is 3. The number of anilines is 2. The minimum atomic E-state index is -4.70. The Balaban J connectivity index is 1.76. The number of carbonyl (C=O) groups is 2. The van der Waals surface area contributed by atoms with Crippen LogP contribution in [0.15, 0.2) is 47.3 Å². The molecular formula is C20H15BrF3N5O2. The number of nitrogens with one attached hydrogen (secondary N) is 1. The fourth-order valence-corrected chi connectivity index (χ4v) is 3.96. The van der Waals surface area contributed by atoms with Crippen molar-refractivity contribution in [1.29, 1.82) is 0 Å². The highest BCUT2D eigenvalue weighted by atomic mass is 79.9.